The van der Waals surface area contributed by atoms with Crippen molar-refractivity contribution in [2.75, 3.05) is 13.7 Å². The van der Waals surface area contributed by atoms with Crippen LogP contribution in [0.3, 0.4) is 0 Å². The van der Waals surface area contributed by atoms with E-state index in [9.17, 15) is 0 Å². The topological polar surface area (TPSA) is 69.9 Å². The Labute approximate surface area is 76.0 Å². The van der Waals surface area contributed by atoms with Gasteiger partial charge < -0.3 is 20.1 Å². The first-order valence-electron chi connectivity index (χ1n) is 3.84. The number of methoxy groups -OCH3 is 1. The minimum absolute atomic E-state index is 0.166. The van der Waals surface area contributed by atoms with Crippen LogP contribution in [0.15, 0.2) is 18.2 Å². The molecule has 0 radical (unpaired) electrons. The molecule has 0 amide bonds. The molecule has 1 aromatic carbocycles. The molecule has 1 rings (SSSR count). The van der Waals surface area contributed by atoms with Crippen LogP contribution in [-0.4, -0.2) is 29.0 Å². The maximum absolute atomic E-state index is 9.15. The van der Waals surface area contributed by atoms with E-state index in [4.69, 9.17) is 20.1 Å². The fourth-order valence-corrected chi connectivity index (χ4v) is 1.06. The van der Waals surface area contributed by atoms with Crippen LogP contribution in [0.1, 0.15) is 11.7 Å². The van der Waals surface area contributed by atoms with Crippen molar-refractivity contribution in [3.8, 4) is 11.5 Å². The maximum Gasteiger partial charge on any atom is 0.157 e. The molecule has 0 unspecified atom stereocenters. The zero-order valence-corrected chi connectivity index (χ0v) is 7.27. The second-order valence-electron chi connectivity index (χ2n) is 2.66. The monoisotopic (exact) mass is 184 g/mol. The fourth-order valence-electron chi connectivity index (χ4n) is 1.06. The predicted octanol–water partition coefficient (Wildman–Crippen LogP) is 0.778. The lowest BCUT2D eigenvalue weighted by Gasteiger charge is -2.12. The summed E-state index contributed by atoms with van der Waals surface area (Å²) in [5.41, 5.74) is 0.625. The van der Waals surface area contributed by atoms with Crippen LogP contribution in [0.5, 0.6) is 11.5 Å². The van der Waals surface area contributed by atoms with Crippen LogP contribution in [0.4, 0.5) is 0 Å². The van der Waals surface area contributed by atoms with Crippen molar-refractivity contribution in [2.24, 2.45) is 0 Å². The molecule has 0 spiro atoms. The van der Waals surface area contributed by atoms with Crippen LogP contribution in [-0.2, 0) is 4.74 Å². The zero-order valence-electron chi connectivity index (χ0n) is 7.27. The van der Waals surface area contributed by atoms with E-state index in [0.717, 1.165) is 0 Å². The number of aliphatic hydroxyl groups excluding tert-OH is 1. The first-order valence-corrected chi connectivity index (χ1v) is 3.84. The van der Waals surface area contributed by atoms with Crippen molar-refractivity contribution in [1.29, 1.82) is 0 Å². The van der Waals surface area contributed by atoms with Crippen molar-refractivity contribution >= 4 is 0 Å². The SMILES string of the molecule is CO[C@H](CO)c1ccc(O)c(O)c1. The van der Waals surface area contributed by atoms with Crippen LogP contribution >= 0.6 is 0 Å². The number of phenols is 2. The summed E-state index contributed by atoms with van der Waals surface area (Å²) in [4.78, 5) is 0. The molecule has 0 saturated heterocycles. The lowest BCUT2D eigenvalue weighted by molar-refractivity contribution is 0.0482. The molecular weight excluding hydrogens is 172 g/mol. The van der Waals surface area contributed by atoms with Gasteiger partial charge >= 0.3 is 0 Å². The quantitative estimate of drug-likeness (QED) is 0.607. The summed E-state index contributed by atoms with van der Waals surface area (Å²) in [6.45, 7) is -0.166. The Hall–Kier alpha value is -1.26. The maximum atomic E-state index is 9.15. The summed E-state index contributed by atoms with van der Waals surface area (Å²) in [6, 6.07) is 4.30. The highest BCUT2D eigenvalue weighted by Crippen LogP contribution is 2.28. The number of hydrogen-bond donors (Lipinski definition) is 3. The van der Waals surface area contributed by atoms with Crippen molar-refractivity contribution < 1.29 is 20.1 Å². The Morgan fingerprint density at radius 1 is 1.31 bits per heavy atom. The number of rotatable bonds is 3. The smallest absolute Gasteiger partial charge is 0.157 e. The lowest BCUT2D eigenvalue weighted by Crippen LogP contribution is -2.05. The van der Waals surface area contributed by atoms with E-state index >= 15 is 0 Å². The zero-order chi connectivity index (χ0) is 9.84. The fraction of sp³-hybridized carbons (Fsp3) is 0.333. The van der Waals surface area contributed by atoms with Gasteiger partial charge in [0.15, 0.2) is 11.5 Å². The molecule has 0 aliphatic heterocycles. The van der Waals surface area contributed by atoms with Gasteiger partial charge in [-0.15, -0.1) is 0 Å². The summed E-state index contributed by atoms with van der Waals surface area (Å²) < 4.78 is 4.94. The molecule has 4 nitrogen and oxygen atoms in total. The van der Waals surface area contributed by atoms with Gasteiger partial charge in [-0.3, -0.25) is 0 Å². The molecule has 0 heterocycles. The Morgan fingerprint density at radius 2 is 2.00 bits per heavy atom. The Bertz CT molecular complexity index is 281. The highest BCUT2D eigenvalue weighted by Gasteiger charge is 2.10. The van der Waals surface area contributed by atoms with Gasteiger partial charge in [-0.25, -0.2) is 0 Å². The van der Waals surface area contributed by atoms with Crippen LogP contribution in [0.25, 0.3) is 0 Å². The molecule has 0 aliphatic carbocycles. The first kappa shape index (κ1) is 9.83. The van der Waals surface area contributed by atoms with Crippen molar-refractivity contribution in [2.45, 2.75) is 6.10 Å². The Balaban J connectivity index is 2.95. The van der Waals surface area contributed by atoms with Crippen molar-refractivity contribution in [3.05, 3.63) is 23.8 Å². The third-order valence-corrected chi connectivity index (χ3v) is 1.82. The molecule has 72 valence electrons. The molecule has 4 heteroatoms. The van der Waals surface area contributed by atoms with E-state index in [1.165, 1.54) is 19.2 Å². The van der Waals surface area contributed by atoms with Crippen molar-refractivity contribution in [3.63, 3.8) is 0 Å². The van der Waals surface area contributed by atoms with Gasteiger partial charge in [-0.05, 0) is 17.7 Å². The van der Waals surface area contributed by atoms with Gasteiger partial charge in [0.25, 0.3) is 0 Å². The van der Waals surface area contributed by atoms with E-state index < -0.39 is 6.10 Å². The third kappa shape index (κ3) is 2.11. The van der Waals surface area contributed by atoms with Gasteiger partial charge in [0, 0.05) is 7.11 Å². The average Bonchev–Trinajstić information content (AvgIpc) is 2.13. The van der Waals surface area contributed by atoms with E-state index in [1.807, 2.05) is 0 Å². The van der Waals surface area contributed by atoms with E-state index in [0.29, 0.717) is 5.56 Å². The Morgan fingerprint density at radius 3 is 2.46 bits per heavy atom. The molecule has 0 aliphatic rings. The molecule has 1 aromatic rings. The van der Waals surface area contributed by atoms with Gasteiger partial charge in [0.1, 0.15) is 6.10 Å². The normalized spacial score (nSPS) is 12.8. The Kier molecular flexibility index (Phi) is 3.11. The van der Waals surface area contributed by atoms with Crippen LogP contribution < -0.4 is 0 Å². The molecule has 3 N–H and O–H groups in total. The van der Waals surface area contributed by atoms with E-state index in [-0.39, 0.29) is 18.1 Å². The molecule has 1 atom stereocenters. The van der Waals surface area contributed by atoms with Gasteiger partial charge in [0.2, 0.25) is 0 Å². The number of phenolic OH excluding ortho intramolecular Hbond substituents is 2. The summed E-state index contributed by atoms with van der Waals surface area (Å²) in [5, 5.41) is 27.0. The number of ether oxygens (including phenoxy) is 1. The summed E-state index contributed by atoms with van der Waals surface area (Å²) in [7, 11) is 1.46. The number of aromatic hydroxyl groups is 2. The molecule has 0 bridgehead atoms. The highest BCUT2D eigenvalue weighted by molar-refractivity contribution is 5.41. The third-order valence-electron chi connectivity index (χ3n) is 1.82. The number of aliphatic hydroxyl groups is 1. The first-order chi connectivity index (χ1) is 6.19. The average molecular weight is 184 g/mol. The van der Waals surface area contributed by atoms with Crippen LogP contribution in [0, 0.1) is 0 Å². The second kappa shape index (κ2) is 4.11. The summed E-state index contributed by atoms with van der Waals surface area (Å²) >= 11 is 0. The lowest BCUT2D eigenvalue weighted by atomic mass is 10.1. The molecule has 0 saturated carbocycles. The largest absolute Gasteiger partial charge is 0.504 e. The predicted molar refractivity (Wildman–Crippen MR) is 46.6 cm³/mol. The molecule has 0 aromatic heterocycles. The van der Waals surface area contributed by atoms with Crippen LogP contribution in [0.2, 0.25) is 0 Å². The standard InChI is InChI=1S/C9H12O4/c1-13-9(5-10)6-2-3-7(11)8(12)4-6/h2-4,9-12H,5H2,1H3/t9-/m1/s1. The van der Waals surface area contributed by atoms with Gasteiger partial charge in [-0.1, -0.05) is 6.07 Å². The molecular formula is C9H12O4. The van der Waals surface area contributed by atoms with E-state index in [2.05, 4.69) is 0 Å². The minimum atomic E-state index is -0.466. The number of hydrogen-bond acceptors (Lipinski definition) is 4. The van der Waals surface area contributed by atoms with Gasteiger partial charge in [0.05, 0.1) is 6.61 Å². The summed E-state index contributed by atoms with van der Waals surface area (Å²) in [5.74, 6) is -0.399. The molecule has 0 fully saturated rings. The number of benzene rings is 1. The highest BCUT2D eigenvalue weighted by atomic mass is 16.5. The summed E-state index contributed by atoms with van der Waals surface area (Å²) in [6.07, 6.45) is -0.466. The van der Waals surface area contributed by atoms with Gasteiger partial charge in [-0.2, -0.15) is 0 Å². The minimum Gasteiger partial charge on any atom is -0.504 e. The second-order valence-corrected chi connectivity index (χ2v) is 2.66. The van der Waals surface area contributed by atoms with Crippen molar-refractivity contribution in [1.82, 2.24) is 0 Å². The molecule has 13 heavy (non-hydrogen) atoms. The van der Waals surface area contributed by atoms with E-state index in [1.54, 1.807) is 6.07 Å².